The fourth-order valence-electron chi connectivity index (χ4n) is 2.23. The molecule has 0 aliphatic rings. The highest BCUT2D eigenvalue weighted by Gasteiger charge is 2.23. The van der Waals surface area contributed by atoms with Gasteiger partial charge in [-0.3, -0.25) is 14.9 Å². The number of esters is 1. The fourth-order valence-corrected chi connectivity index (χ4v) is 2.41. The van der Waals surface area contributed by atoms with Crippen LogP contribution in [0.5, 0.6) is 0 Å². The predicted molar refractivity (Wildman–Crippen MR) is 98.8 cm³/mol. The first-order valence-electron chi connectivity index (χ1n) is 8.23. The molecule has 0 saturated heterocycles. The smallest absolute Gasteiger partial charge is 0.339 e. The summed E-state index contributed by atoms with van der Waals surface area (Å²) in [5, 5.41) is 17.6. The highest BCUT2D eigenvalue weighted by Crippen LogP contribution is 2.25. The molecule has 0 spiro atoms. The standard InChI is InChI=1S/C17H19ClN4O5/c1-4-10(2)21-15(7-8-19-21)20-16(23)11(3)27-17(24)12-5-6-13(18)14(9-12)22(25)26/h5-11H,4H2,1-3H3,(H,20,23)/t10-,11+/m0/s1. The summed E-state index contributed by atoms with van der Waals surface area (Å²) in [4.78, 5) is 34.7. The van der Waals surface area contributed by atoms with Crippen molar-refractivity contribution in [3.05, 3.63) is 51.2 Å². The van der Waals surface area contributed by atoms with Crippen molar-refractivity contribution < 1.29 is 19.2 Å². The van der Waals surface area contributed by atoms with Crippen LogP contribution in [0, 0.1) is 10.1 Å². The molecule has 0 saturated carbocycles. The molecule has 0 unspecified atom stereocenters. The molecule has 144 valence electrons. The number of nitrogens with one attached hydrogen (secondary N) is 1. The Morgan fingerprint density at radius 2 is 2.07 bits per heavy atom. The van der Waals surface area contributed by atoms with E-state index < -0.39 is 28.6 Å². The van der Waals surface area contributed by atoms with Gasteiger partial charge < -0.3 is 10.1 Å². The van der Waals surface area contributed by atoms with Gasteiger partial charge in [0, 0.05) is 12.1 Å². The molecule has 1 amide bonds. The van der Waals surface area contributed by atoms with E-state index >= 15 is 0 Å². The quantitative estimate of drug-likeness (QED) is 0.435. The number of hydrogen-bond donors (Lipinski definition) is 1. The van der Waals surface area contributed by atoms with Crippen LogP contribution in [-0.4, -0.2) is 32.7 Å². The summed E-state index contributed by atoms with van der Waals surface area (Å²) in [6.45, 7) is 5.36. The lowest BCUT2D eigenvalue weighted by molar-refractivity contribution is -0.384. The molecular formula is C17H19ClN4O5. The van der Waals surface area contributed by atoms with Crippen molar-refractivity contribution >= 4 is 35.0 Å². The van der Waals surface area contributed by atoms with Crippen molar-refractivity contribution in [1.82, 2.24) is 9.78 Å². The van der Waals surface area contributed by atoms with Crippen molar-refractivity contribution in [2.45, 2.75) is 39.3 Å². The first-order chi connectivity index (χ1) is 12.7. The minimum absolute atomic E-state index is 0.0737. The Morgan fingerprint density at radius 3 is 2.70 bits per heavy atom. The highest BCUT2D eigenvalue weighted by atomic mass is 35.5. The number of aromatic nitrogens is 2. The number of benzene rings is 1. The van der Waals surface area contributed by atoms with Gasteiger partial charge >= 0.3 is 5.97 Å². The number of nitro benzene ring substituents is 1. The van der Waals surface area contributed by atoms with Gasteiger partial charge in [0.05, 0.1) is 22.7 Å². The third kappa shape index (κ3) is 4.82. The largest absolute Gasteiger partial charge is 0.449 e. The predicted octanol–water partition coefficient (Wildman–Crippen LogP) is 3.60. The second-order valence-corrected chi connectivity index (χ2v) is 6.29. The molecule has 0 aliphatic heterocycles. The molecule has 27 heavy (non-hydrogen) atoms. The topological polar surface area (TPSA) is 116 Å². The highest BCUT2D eigenvalue weighted by molar-refractivity contribution is 6.32. The van der Waals surface area contributed by atoms with Crippen LogP contribution < -0.4 is 5.32 Å². The zero-order valence-electron chi connectivity index (χ0n) is 15.0. The number of nitro groups is 1. The minimum Gasteiger partial charge on any atom is -0.449 e. The van der Waals surface area contributed by atoms with Crippen LogP contribution >= 0.6 is 11.6 Å². The Hall–Kier alpha value is -2.94. The summed E-state index contributed by atoms with van der Waals surface area (Å²) in [5.41, 5.74) is -0.490. The number of anilines is 1. The van der Waals surface area contributed by atoms with Crippen molar-refractivity contribution in [1.29, 1.82) is 0 Å². The van der Waals surface area contributed by atoms with Gasteiger partial charge in [-0.15, -0.1) is 0 Å². The van der Waals surface area contributed by atoms with Crippen LogP contribution in [0.1, 0.15) is 43.6 Å². The number of nitrogens with zero attached hydrogens (tertiary/aromatic N) is 3. The molecule has 1 aromatic heterocycles. The molecule has 10 heteroatoms. The normalized spacial score (nSPS) is 12.9. The molecule has 0 aliphatic carbocycles. The first-order valence-corrected chi connectivity index (χ1v) is 8.61. The van der Waals surface area contributed by atoms with Crippen LogP contribution in [-0.2, 0) is 9.53 Å². The number of rotatable bonds is 7. The summed E-state index contributed by atoms with van der Waals surface area (Å²) in [6, 6.07) is 5.25. The Morgan fingerprint density at radius 1 is 1.37 bits per heavy atom. The van der Waals surface area contributed by atoms with Crippen molar-refractivity contribution in [2.75, 3.05) is 5.32 Å². The van der Waals surface area contributed by atoms with E-state index in [2.05, 4.69) is 10.4 Å². The number of halogens is 1. The maximum Gasteiger partial charge on any atom is 0.339 e. The van der Waals surface area contributed by atoms with Gasteiger partial charge in [0.15, 0.2) is 6.10 Å². The summed E-state index contributed by atoms with van der Waals surface area (Å²) in [5.74, 6) is -0.927. The number of carbonyl (C=O) groups excluding carboxylic acids is 2. The average Bonchev–Trinajstić information content (AvgIpc) is 3.09. The van der Waals surface area contributed by atoms with Crippen molar-refractivity contribution in [3.63, 3.8) is 0 Å². The molecule has 1 heterocycles. The van der Waals surface area contributed by atoms with E-state index in [1.807, 2.05) is 13.8 Å². The molecule has 9 nitrogen and oxygen atoms in total. The number of hydrogen-bond acceptors (Lipinski definition) is 6. The summed E-state index contributed by atoms with van der Waals surface area (Å²) in [7, 11) is 0. The van der Waals surface area contributed by atoms with Crippen LogP contribution in [0.25, 0.3) is 0 Å². The van der Waals surface area contributed by atoms with E-state index in [1.54, 1.807) is 16.9 Å². The molecule has 0 radical (unpaired) electrons. The third-order valence-electron chi connectivity index (χ3n) is 3.96. The van der Waals surface area contributed by atoms with Gasteiger partial charge in [-0.25, -0.2) is 9.48 Å². The lowest BCUT2D eigenvalue weighted by atomic mass is 10.2. The van der Waals surface area contributed by atoms with Crippen LogP contribution in [0.2, 0.25) is 5.02 Å². The molecule has 1 aromatic carbocycles. The Labute approximate surface area is 160 Å². The molecule has 0 fully saturated rings. The van der Waals surface area contributed by atoms with Gasteiger partial charge in [-0.1, -0.05) is 18.5 Å². The maximum atomic E-state index is 12.3. The van der Waals surface area contributed by atoms with E-state index in [9.17, 15) is 19.7 Å². The molecule has 1 N–H and O–H groups in total. The number of carbonyl (C=O) groups is 2. The monoisotopic (exact) mass is 394 g/mol. The summed E-state index contributed by atoms with van der Waals surface area (Å²) >= 11 is 5.72. The number of ether oxygens (including phenoxy) is 1. The molecule has 0 bridgehead atoms. The lowest BCUT2D eigenvalue weighted by Crippen LogP contribution is -2.31. The van der Waals surface area contributed by atoms with Gasteiger partial charge in [0.25, 0.3) is 11.6 Å². The van der Waals surface area contributed by atoms with Gasteiger partial charge in [-0.05, 0) is 32.4 Å². The van der Waals surface area contributed by atoms with E-state index in [0.717, 1.165) is 12.5 Å². The van der Waals surface area contributed by atoms with Crippen LogP contribution in [0.4, 0.5) is 11.5 Å². The molecular weight excluding hydrogens is 376 g/mol. The molecule has 2 atom stereocenters. The Bertz CT molecular complexity index is 867. The fraction of sp³-hybridized carbons (Fsp3) is 0.353. The SMILES string of the molecule is CC[C@H](C)n1nccc1NC(=O)[C@@H](C)OC(=O)c1ccc(Cl)c([N+](=O)[O-])c1. The second-order valence-electron chi connectivity index (χ2n) is 5.88. The first kappa shape index (κ1) is 20.4. The minimum atomic E-state index is -1.12. The number of amides is 1. The van der Waals surface area contributed by atoms with Crippen molar-refractivity contribution in [3.8, 4) is 0 Å². The average molecular weight is 395 g/mol. The van der Waals surface area contributed by atoms with E-state index in [1.165, 1.54) is 19.1 Å². The van der Waals surface area contributed by atoms with Gasteiger partial charge in [-0.2, -0.15) is 5.10 Å². The summed E-state index contributed by atoms with van der Waals surface area (Å²) in [6.07, 6.45) is 1.27. The van der Waals surface area contributed by atoms with Crippen LogP contribution in [0.3, 0.4) is 0 Å². The molecule has 2 rings (SSSR count). The molecule has 2 aromatic rings. The van der Waals surface area contributed by atoms with Crippen molar-refractivity contribution in [2.24, 2.45) is 0 Å². The third-order valence-corrected chi connectivity index (χ3v) is 4.28. The lowest BCUT2D eigenvalue weighted by Gasteiger charge is -2.17. The van der Waals surface area contributed by atoms with E-state index in [4.69, 9.17) is 16.3 Å². The van der Waals surface area contributed by atoms with E-state index in [0.29, 0.717) is 5.82 Å². The Balaban J connectivity index is 2.06. The zero-order valence-corrected chi connectivity index (χ0v) is 15.8. The second kappa shape index (κ2) is 8.63. The van der Waals surface area contributed by atoms with Gasteiger partial charge in [0.2, 0.25) is 0 Å². The maximum absolute atomic E-state index is 12.3. The van der Waals surface area contributed by atoms with Crippen LogP contribution in [0.15, 0.2) is 30.5 Å². The van der Waals surface area contributed by atoms with E-state index in [-0.39, 0.29) is 16.6 Å². The van der Waals surface area contributed by atoms with Gasteiger partial charge in [0.1, 0.15) is 10.8 Å². The zero-order chi connectivity index (χ0) is 20.1. The Kier molecular flexibility index (Phi) is 6.51. The summed E-state index contributed by atoms with van der Waals surface area (Å²) < 4.78 is 6.76.